The Morgan fingerprint density at radius 2 is 1.88 bits per heavy atom. The highest BCUT2D eigenvalue weighted by Gasteiger charge is 2.14. The number of nitrogens with two attached hydrogens (primary N) is 2. The van der Waals surface area contributed by atoms with Gasteiger partial charge >= 0.3 is 0 Å². The molecule has 0 aliphatic rings. The number of benzene rings is 1. The van der Waals surface area contributed by atoms with Crippen molar-refractivity contribution in [1.29, 1.82) is 0 Å². The van der Waals surface area contributed by atoms with E-state index < -0.39 is 15.9 Å². The average molecular weight is 257 g/mol. The highest BCUT2D eigenvalue weighted by Crippen LogP contribution is 2.09. The molecule has 1 aromatic rings. The van der Waals surface area contributed by atoms with Crippen molar-refractivity contribution in [2.45, 2.75) is 17.9 Å². The van der Waals surface area contributed by atoms with Crippen LogP contribution in [0.25, 0.3) is 0 Å². The van der Waals surface area contributed by atoms with Crippen LogP contribution in [0.1, 0.15) is 17.3 Å². The molecule has 1 amide bonds. The van der Waals surface area contributed by atoms with Crippen molar-refractivity contribution in [2.75, 3.05) is 6.54 Å². The summed E-state index contributed by atoms with van der Waals surface area (Å²) in [6.45, 7) is 1.85. The fraction of sp³-hybridized carbons (Fsp3) is 0.300. The topological polar surface area (TPSA) is 115 Å². The standard InChI is InChI=1S/C10H15N3O3S/c1-7(11)6-13-17(15,16)9-4-2-8(3-5-9)10(12)14/h2-5,7,13H,6,11H2,1H3,(H2,12,14). The van der Waals surface area contributed by atoms with Crippen molar-refractivity contribution in [3.63, 3.8) is 0 Å². The molecule has 0 spiro atoms. The third-order valence-electron chi connectivity index (χ3n) is 2.04. The first-order valence-corrected chi connectivity index (χ1v) is 6.46. The van der Waals surface area contributed by atoms with E-state index in [-0.39, 0.29) is 23.0 Å². The zero-order chi connectivity index (χ0) is 13.1. The van der Waals surface area contributed by atoms with E-state index in [9.17, 15) is 13.2 Å². The molecule has 17 heavy (non-hydrogen) atoms. The highest BCUT2D eigenvalue weighted by atomic mass is 32.2. The minimum absolute atomic E-state index is 0.0724. The van der Waals surface area contributed by atoms with Crippen molar-refractivity contribution in [2.24, 2.45) is 11.5 Å². The van der Waals surface area contributed by atoms with Crippen LogP contribution in [0, 0.1) is 0 Å². The number of hydrogen-bond acceptors (Lipinski definition) is 4. The van der Waals surface area contributed by atoms with E-state index in [1.165, 1.54) is 24.3 Å². The van der Waals surface area contributed by atoms with Gasteiger partial charge in [-0.15, -0.1) is 0 Å². The second-order valence-electron chi connectivity index (χ2n) is 3.72. The molecule has 1 aromatic carbocycles. The van der Waals surface area contributed by atoms with Crippen molar-refractivity contribution in [3.05, 3.63) is 29.8 Å². The van der Waals surface area contributed by atoms with Gasteiger partial charge in [-0.25, -0.2) is 13.1 Å². The SMILES string of the molecule is CC(N)CNS(=O)(=O)c1ccc(C(N)=O)cc1. The van der Waals surface area contributed by atoms with Crippen LogP contribution in [0.5, 0.6) is 0 Å². The summed E-state index contributed by atoms with van der Waals surface area (Å²) in [5.74, 6) is -0.600. The zero-order valence-electron chi connectivity index (χ0n) is 9.38. The van der Waals surface area contributed by atoms with Crippen LogP contribution in [0.4, 0.5) is 0 Å². The molecular formula is C10H15N3O3S. The number of carbonyl (C=O) groups is 1. The number of sulfonamides is 1. The number of rotatable bonds is 5. The summed E-state index contributed by atoms with van der Waals surface area (Å²) in [7, 11) is -3.58. The molecule has 7 heteroatoms. The molecular weight excluding hydrogens is 242 g/mol. The van der Waals surface area contributed by atoms with Crippen LogP contribution in [0.15, 0.2) is 29.2 Å². The summed E-state index contributed by atoms with van der Waals surface area (Å²) in [5, 5.41) is 0. The number of primary amides is 1. The van der Waals surface area contributed by atoms with Crippen LogP contribution in [-0.2, 0) is 10.0 Å². The molecule has 0 aromatic heterocycles. The van der Waals surface area contributed by atoms with Crippen LogP contribution in [0.2, 0.25) is 0 Å². The van der Waals surface area contributed by atoms with Gasteiger partial charge < -0.3 is 11.5 Å². The summed E-state index contributed by atoms with van der Waals surface area (Å²) in [6, 6.07) is 5.10. The lowest BCUT2D eigenvalue weighted by Crippen LogP contribution is -2.35. The van der Waals surface area contributed by atoms with Gasteiger partial charge in [-0.1, -0.05) is 0 Å². The van der Waals surface area contributed by atoms with Gasteiger partial charge in [0.1, 0.15) is 0 Å². The van der Waals surface area contributed by atoms with Crippen molar-refractivity contribution in [3.8, 4) is 0 Å². The summed E-state index contributed by atoms with van der Waals surface area (Å²) < 4.78 is 25.8. The quantitative estimate of drug-likeness (QED) is 0.654. The fourth-order valence-corrected chi connectivity index (χ4v) is 2.27. The maximum atomic E-state index is 11.7. The molecule has 0 fully saturated rings. The zero-order valence-corrected chi connectivity index (χ0v) is 10.2. The van der Waals surface area contributed by atoms with Crippen molar-refractivity contribution >= 4 is 15.9 Å². The van der Waals surface area contributed by atoms with E-state index in [0.717, 1.165) is 0 Å². The van der Waals surface area contributed by atoms with Gasteiger partial charge in [-0.3, -0.25) is 4.79 Å². The maximum absolute atomic E-state index is 11.7. The lowest BCUT2D eigenvalue weighted by molar-refractivity contribution is 0.1000. The highest BCUT2D eigenvalue weighted by molar-refractivity contribution is 7.89. The Morgan fingerprint density at radius 1 is 1.35 bits per heavy atom. The molecule has 6 nitrogen and oxygen atoms in total. The molecule has 0 radical (unpaired) electrons. The van der Waals surface area contributed by atoms with Crippen LogP contribution in [0.3, 0.4) is 0 Å². The van der Waals surface area contributed by atoms with E-state index in [0.29, 0.717) is 0 Å². The van der Waals surface area contributed by atoms with E-state index >= 15 is 0 Å². The molecule has 0 heterocycles. The van der Waals surface area contributed by atoms with E-state index in [2.05, 4.69) is 4.72 Å². The van der Waals surface area contributed by atoms with E-state index in [4.69, 9.17) is 11.5 Å². The molecule has 0 saturated carbocycles. The van der Waals surface area contributed by atoms with Crippen LogP contribution < -0.4 is 16.2 Å². The summed E-state index contributed by atoms with van der Waals surface area (Å²) >= 11 is 0. The first-order chi connectivity index (χ1) is 7.83. The minimum atomic E-state index is -3.58. The van der Waals surface area contributed by atoms with Gasteiger partial charge in [-0.05, 0) is 31.2 Å². The Hall–Kier alpha value is -1.44. The molecule has 0 aliphatic carbocycles. The number of nitrogens with one attached hydrogen (secondary N) is 1. The number of hydrogen-bond donors (Lipinski definition) is 3. The van der Waals surface area contributed by atoms with Gasteiger partial charge in [0.25, 0.3) is 0 Å². The molecule has 1 rings (SSSR count). The van der Waals surface area contributed by atoms with Gasteiger partial charge in [0.15, 0.2) is 0 Å². The molecule has 0 bridgehead atoms. The van der Waals surface area contributed by atoms with Gasteiger partial charge in [0.05, 0.1) is 4.90 Å². The summed E-state index contributed by atoms with van der Waals surface area (Å²) in [5.41, 5.74) is 10.8. The lowest BCUT2D eigenvalue weighted by atomic mass is 10.2. The fourth-order valence-electron chi connectivity index (χ4n) is 1.12. The first kappa shape index (κ1) is 13.6. The molecule has 5 N–H and O–H groups in total. The van der Waals surface area contributed by atoms with Crippen molar-refractivity contribution in [1.82, 2.24) is 4.72 Å². The Labute approximate surface area is 100 Å². The normalized spacial score (nSPS) is 13.3. The Morgan fingerprint density at radius 3 is 2.29 bits per heavy atom. The van der Waals surface area contributed by atoms with Gasteiger partial charge in [0, 0.05) is 18.2 Å². The predicted octanol–water partition coefficient (Wildman–Crippen LogP) is -0.589. The lowest BCUT2D eigenvalue weighted by Gasteiger charge is -2.08. The minimum Gasteiger partial charge on any atom is -0.366 e. The van der Waals surface area contributed by atoms with Crippen LogP contribution in [-0.4, -0.2) is 26.9 Å². The Balaban J connectivity index is 2.89. The largest absolute Gasteiger partial charge is 0.366 e. The average Bonchev–Trinajstić information content (AvgIpc) is 2.27. The maximum Gasteiger partial charge on any atom is 0.248 e. The van der Waals surface area contributed by atoms with E-state index in [1.54, 1.807) is 6.92 Å². The van der Waals surface area contributed by atoms with E-state index in [1.807, 2.05) is 0 Å². The first-order valence-electron chi connectivity index (χ1n) is 4.98. The Kier molecular flexibility index (Phi) is 4.22. The molecule has 0 saturated heterocycles. The second kappa shape index (κ2) is 5.26. The third kappa shape index (κ3) is 3.81. The van der Waals surface area contributed by atoms with Gasteiger partial charge in [0.2, 0.25) is 15.9 Å². The monoisotopic (exact) mass is 257 g/mol. The van der Waals surface area contributed by atoms with Gasteiger partial charge in [-0.2, -0.15) is 0 Å². The Bertz CT molecular complexity index is 494. The smallest absolute Gasteiger partial charge is 0.248 e. The predicted molar refractivity (Wildman–Crippen MR) is 63.8 cm³/mol. The number of amides is 1. The third-order valence-corrected chi connectivity index (χ3v) is 3.48. The molecule has 94 valence electrons. The molecule has 1 unspecified atom stereocenters. The molecule has 1 atom stereocenters. The van der Waals surface area contributed by atoms with Crippen molar-refractivity contribution < 1.29 is 13.2 Å². The summed E-state index contributed by atoms with van der Waals surface area (Å²) in [4.78, 5) is 10.9. The van der Waals surface area contributed by atoms with Crippen LogP contribution >= 0.6 is 0 Å². The second-order valence-corrected chi connectivity index (χ2v) is 5.48. The molecule has 0 aliphatic heterocycles. The summed E-state index contributed by atoms with van der Waals surface area (Å²) in [6.07, 6.45) is 0. The number of carbonyl (C=O) groups excluding carboxylic acids is 1.